The molecular formula is C20H21NO4S. The van der Waals surface area contributed by atoms with Crippen molar-refractivity contribution < 1.29 is 17.9 Å². The normalized spacial score (nSPS) is 18.0. The molecule has 0 saturated heterocycles. The fourth-order valence-corrected chi connectivity index (χ4v) is 5.14. The minimum atomic E-state index is -3.72. The first-order valence-corrected chi connectivity index (χ1v) is 10.4. The first-order valence-electron chi connectivity index (χ1n) is 8.97. The number of ether oxygens (including phenoxy) is 1. The third-order valence-corrected chi connectivity index (χ3v) is 6.86. The predicted molar refractivity (Wildman–Crippen MR) is 99.2 cm³/mol. The average molecular weight is 371 g/mol. The van der Waals surface area contributed by atoms with E-state index >= 15 is 0 Å². The summed E-state index contributed by atoms with van der Waals surface area (Å²) in [5.41, 5.74) is 0.915. The van der Waals surface area contributed by atoms with Crippen LogP contribution in [0.5, 0.6) is 5.75 Å². The molecular weight excluding hydrogens is 350 g/mol. The Hall–Kier alpha value is -2.34. The Kier molecular flexibility index (Phi) is 4.44. The molecule has 1 aliphatic carbocycles. The number of para-hydroxylation sites is 1. The summed E-state index contributed by atoms with van der Waals surface area (Å²) < 4.78 is 33.4. The Morgan fingerprint density at radius 2 is 1.65 bits per heavy atom. The second-order valence-corrected chi connectivity index (χ2v) is 8.63. The maximum Gasteiger partial charge on any atom is 0.264 e. The lowest BCUT2D eigenvalue weighted by Crippen LogP contribution is -2.37. The lowest BCUT2D eigenvalue weighted by atomic mass is 10.0. The smallest absolute Gasteiger partial charge is 0.264 e. The Morgan fingerprint density at radius 1 is 0.962 bits per heavy atom. The summed E-state index contributed by atoms with van der Waals surface area (Å²) in [7, 11) is -3.72. The van der Waals surface area contributed by atoms with Gasteiger partial charge in [-0.15, -0.1) is 0 Å². The van der Waals surface area contributed by atoms with Gasteiger partial charge in [-0.3, -0.25) is 9.10 Å². The molecule has 2 aliphatic rings. The molecule has 2 aromatic rings. The second kappa shape index (κ2) is 6.76. The van der Waals surface area contributed by atoms with Gasteiger partial charge >= 0.3 is 0 Å². The minimum absolute atomic E-state index is 0.0210. The molecule has 0 unspecified atom stereocenters. The zero-order valence-electron chi connectivity index (χ0n) is 14.4. The highest BCUT2D eigenvalue weighted by Crippen LogP contribution is 2.32. The van der Waals surface area contributed by atoms with Gasteiger partial charge in [-0.2, -0.15) is 0 Å². The molecule has 0 bridgehead atoms. The fourth-order valence-electron chi connectivity index (χ4n) is 3.65. The van der Waals surface area contributed by atoms with Crippen molar-refractivity contribution in [2.24, 2.45) is 0 Å². The van der Waals surface area contributed by atoms with Gasteiger partial charge in [0.1, 0.15) is 5.75 Å². The van der Waals surface area contributed by atoms with Crippen molar-refractivity contribution in [1.82, 2.24) is 0 Å². The lowest BCUT2D eigenvalue weighted by Gasteiger charge is -2.29. The standard InChI is InChI=1S/C20H21NO4S/c22-20-13-14-21(19-8-4-3-7-18(19)20)26(23,24)17-11-9-16(10-12-17)25-15-5-1-2-6-15/h3-4,7-12,15H,1-2,5-6,13-14H2. The van der Waals surface area contributed by atoms with Crippen molar-refractivity contribution in [2.75, 3.05) is 10.8 Å². The summed E-state index contributed by atoms with van der Waals surface area (Å²) in [6.07, 6.45) is 4.91. The Morgan fingerprint density at radius 3 is 2.38 bits per heavy atom. The van der Waals surface area contributed by atoms with Gasteiger partial charge in [-0.05, 0) is 62.1 Å². The summed E-state index contributed by atoms with van der Waals surface area (Å²) in [5.74, 6) is 0.678. The van der Waals surface area contributed by atoms with E-state index < -0.39 is 10.0 Å². The van der Waals surface area contributed by atoms with E-state index in [9.17, 15) is 13.2 Å². The molecule has 0 atom stereocenters. The number of hydrogen-bond donors (Lipinski definition) is 0. The number of carbonyl (C=O) groups excluding carboxylic acids is 1. The maximum atomic E-state index is 13.1. The molecule has 0 amide bonds. The van der Waals surface area contributed by atoms with Gasteiger partial charge in [0.2, 0.25) is 0 Å². The van der Waals surface area contributed by atoms with Crippen molar-refractivity contribution in [2.45, 2.75) is 43.1 Å². The summed E-state index contributed by atoms with van der Waals surface area (Å²) in [6, 6.07) is 13.5. The van der Waals surface area contributed by atoms with Crippen LogP contribution in [0.3, 0.4) is 0 Å². The van der Waals surface area contributed by atoms with Gasteiger partial charge in [-0.1, -0.05) is 12.1 Å². The summed E-state index contributed by atoms with van der Waals surface area (Å²) in [6.45, 7) is 0.165. The van der Waals surface area contributed by atoms with Crippen molar-refractivity contribution >= 4 is 21.5 Å². The Balaban J connectivity index is 1.60. The molecule has 5 nitrogen and oxygen atoms in total. The van der Waals surface area contributed by atoms with E-state index in [1.165, 1.54) is 17.1 Å². The van der Waals surface area contributed by atoms with E-state index in [1.807, 2.05) is 0 Å². The highest BCUT2D eigenvalue weighted by Gasteiger charge is 2.32. The van der Waals surface area contributed by atoms with Crippen LogP contribution in [0.4, 0.5) is 5.69 Å². The third-order valence-electron chi connectivity index (χ3n) is 5.03. The van der Waals surface area contributed by atoms with Gasteiger partial charge in [0, 0.05) is 18.5 Å². The van der Waals surface area contributed by atoms with E-state index in [2.05, 4.69) is 0 Å². The van der Waals surface area contributed by atoms with E-state index in [0.29, 0.717) is 17.0 Å². The highest BCUT2D eigenvalue weighted by molar-refractivity contribution is 7.92. The van der Waals surface area contributed by atoms with Crippen LogP contribution in [0.25, 0.3) is 0 Å². The topological polar surface area (TPSA) is 63.7 Å². The molecule has 0 radical (unpaired) electrons. The number of sulfonamides is 1. The van der Waals surface area contributed by atoms with E-state index in [0.717, 1.165) is 12.8 Å². The molecule has 2 aromatic carbocycles. The van der Waals surface area contributed by atoms with Crippen molar-refractivity contribution in [3.8, 4) is 5.75 Å². The maximum absolute atomic E-state index is 13.1. The number of ketones is 1. The van der Waals surface area contributed by atoms with Gasteiger partial charge < -0.3 is 4.74 Å². The molecule has 1 fully saturated rings. The zero-order valence-corrected chi connectivity index (χ0v) is 15.2. The molecule has 1 aliphatic heterocycles. The fraction of sp³-hybridized carbons (Fsp3) is 0.350. The van der Waals surface area contributed by atoms with Crippen LogP contribution in [0.15, 0.2) is 53.4 Å². The van der Waals surface area contributed by atoms with Gasteiger partial charge in [0.25, 0.3) is 10.0 Å². The number of anilines is 1. The SMILES string of the molecule is O=C1CCN(S(=O)(=O)c2ccc(OC3CCCC3)cc2)c2ccccc21. The van der Waals surface area contributed by atoms with Crippen LogP contribution in [-0.4, -0.2) is 26.8 Å². The van der Waals surface area contributed by atoms with E-state index in [-0.39, 0.29) is 29.7 Å². The molecule has 26 heavy (non-hydrogen) atoms. The molecule has 136 valence electrons. The van der Waals surface area contributed by atoms with Crippen molar-refractivity contribution in [1.29, 1.82) is 0 Å². The third kappa shape index (κ3) is 3.09. The second-order valence-electron chi connectivity index (χ2n) is 6.76. The van der Waals surface area contributed by atoms with Gasteiger partial charge in [0.15, 0.2) is 5.78 Å². The quantitative estimate of drug-likeness (QED) is 0.820. The number of fused-ring (bicyclic) bond motifs is 1. The van der Waals surface area contributed by atoms with E-state index in [1.54, 1.807) is 48.5 Å². The number of Topliss-reactive ketones (excluding diaryl/α,β-unsaturated/α-hetero) is 1. The first-order chi connectivity index (χ1) is 12.6. The molecule has 1 heterocycles. The van der Waals surface area contributed by atoms with Crippen molar-refractivity contribution in [3.05, 3.63) is 54.1 Å². The average Bonchev–Trinajstić information content (AvgIpc) is 3.15. The molecule has 1 saturated carbocycles. The molecule has 6 heteroatoms. The van der Waals surface area contributed by atoms with Gasteiger partial charge in [-0.25, -0.2) is 8.42 Å². The first kappa shape index (κ1) is 17.1. The number of hydrogen-bond acceptors (Lipinski definition) is 4. The molecule has 0 spiro atoms. The van der Waals surface area contributed by atoms with Gasteiger partial charge in [0.05, 0.1) is 16.7 Å². The van der Waals surface area contributed by atoms with Crippen LogP contribution < -0.4 is 9.04 Å². The molecule has 0 N–H and O–H groups in total. The number of carbonyl (C=O) groups is 1. The Bertz CT molecular complexity index is 915. The predicted octanol–water partition coefficient (Wildman–Crippen LogP) is 3.79. The monoisotopic (exact) mass is 371 g/mol. The minimum Gasteiger partial charge on any atom is -0.490 e. The Labute approximate surface area is 153 Å². The zero-order chi connectivity index (χ0) is 18.1. The highest BCUT2D eigenvalue weighted by atomic mass is 32.2. The summed E-state index contributed by atoms with van der Waals surface area (Å²) in [4.78, 5) is 12.3. The van der Waals surface area contributed by atoms with Crippen LogP contribution in [-0.2, 0) is 10.0 Å². The number of nitrogens with zero attached hydrogens (tertiary/aromatic N) is 1. The van der Waals surface area contributed by atoms with Crippen LogP contribution in [0, 0.1) is 0 Å². The molecule has 0 aromatic heterocycles. The number of benzene rings is 2. The summed E-state index contributed by atoms with van der Waals surface area (Å²) in [5, 5.41) is 0. The largest absolute Gasteiger partial charge is 0.490 e. The van der Waals surface area contributed by atoms with E-state index in [4.69, 9.17) is 4.74 Å². The lowest BCUT2D eigenvalue weighted by molar-refractivity contribution is 0.0982. The van der Waals surface area contributed by atoms with Crippen molar-refractivity contribution in [3.63, 3.8) is 0 Å². The van der Waals surface area contributed by atoms with Crippen LogP contribution in [0.1, 0.15) is 42.5 Å². The van der Waals surface area contributed by atoms with Crippen LogP contribution in [0.2, 0.25) is 0 Å². The number of rotatable bonds is 4. The summed E-state index contributed by atoms with van der Waals surface area (Å²) >= 11 is 0. The molecule has 4 rings (SSSR count). The van der Waals surface area contributed by atoms with Crippen LogP contribution >= 0.6 is 0 Å².